The summed E-state index contributed by atoms with van der Waals surface area (Å²) in [5.74, 6) is -0.200. The van der Waals surface area contributed by atoms with Crippen molar-refractivity contribution in [2.24, 2.45) is 0 Å². The number of ketones is 1. The largest absolute Gasteiger partial charge is 0.482 e. The smallest absolute Gasteiger partial charge is 0.344 e. The SMILES string of the molecule is Cc1cccc(OCC(=O)OCC(=O)c2cc(C)n(-c3nccs3)c2C)c1C. The van der Waals surface area contributed by atoms with Crippen LogP contribution in [0.3, 0.4) is 0 Å². The molecule has 0 aliphatic heterocycles. The molecule has 0 unspecified atom stereocenters. The van der Waals surface area contributed by atoms with Crippen molar-refractivity contribution in [3.8, 4) is 10.9 Å². The average Bonchev–Trinajstić information content (AvgIpc) is 3.28. The summed E-state index contributed by atoms with van der Waals surface area (Å²) in [6.07, 6.45) is 1.72. The van der Waals surface area contributed by atoms with E-state index in [-0.39, 0.29) is 19.0 Å². The first-order valence-corrected chi connectivity index (χ1v) is 9.73. The fourth-order valence-corrected chi connectivity index (χ4v) is 3.70. The highest BCUT2D eigenvalue weighted by atomic mass is 32.1. The Balaban J connectivity index is 1.59. The average molecular weight is 398 g/mol. The molecule has 0 radical (unpaired) electrons. The summed E-state index contributed by atoms with van der Waals surface area (Å²) in [4.78, 5) is 28.8. The monoisotopic (exact) mass is 398 g/mol. The maximum atomic E-state index is 12.5. The van der Waals surface area contributed by atoms with E-state index >= 15 is 0 Å². The molecule has 0 N–H and O–H groups in total. The lowest BCUT2D eigenvalue weighted by molar-refractivity contribution is -0.144. The maximum absolute atomic E-state index is 12.5. The Morgan fingerprint density at radius 2 is 1.93 bits per heavy atom. The lowest BCUT2D eigenvalue weighted by Gasteiger charge is -2.10. The highest BCUT2D eigenvalue weighted by Gasteiger charge is 2.19. The van der Waals surface area contributed by atoms with Gasteiger partial charge in [0, 0.05) is 28.5 Å². The van der Waals surface area contributed by atoms with E-state index in [0.29, 0.717) is 11.3 Å². The zero-order valence-electron chi connectivity index (χ0n) is 16.3. The molecular weight excluding hydrogens is 376 g/mol. The Hall–Kier alpha value is -2.93. The summed E-state index contributed by atoms with van der Waals surface area (Å²) in [6, 6.07) is 7.43. The molecule has 0 aliphatic carbocycles. The third kappa shape index (κ3) is 4.14. The van der Waals surface area contributed by atoms with Gasteiger partial charge in [-0.3, -0.25) is 9.36 Å². The molecule has 7 heteroatoms. The van der Waals surface area contributed by atoms with Gasteiger partial charge in [-0.1, -0.05) is 12.1 Å². The van der Waals surface area contributed by atoms with Gasteiger partial charge in [0.2, 0.25) is 5.78 Å². The number of carbonyl (C=O) groups excluding carboxylic acids is 2. The van der Waals surface area contributed by atoms with Crippen LogP contribution in [-0.4, -0.2) is 34.5 Å². The van der Waals surface area contributed by atoms with Gasteiger partial charge < -0.3 is 9.47 Å². The molecule has 0 saturated carbocycles. The van der Waals surface area contributed by atoms with E-state index < -0.39 is 5.97 Å². The van der Waals surface area contributed by atoms with Crippen LogP contribution in [0.15, 0.2) is 35.8 Å². The van der Waals surface area contributed by atoms with E-state index in [1.807, 2.05) is 49.8 Å². The minimum atomic E-state index is -0.581. The number of aryl methyl sites for hydroxylation is 2. The summed E-state index contributed by atoms with van der Waals surface area (Å²) in [5, 5.41) is 2.68. The van der Waals surface area contributed by atoms with Gasteiger partial charge in [-0.05, 0) is 51.0 Å². The number of nitrogens with zero attached hydrogens (tertiary/aromatic N) is 2. The van der Waals surface area contributed by atoms with Crippen LogP contribution >= 0.6 is 11.3 Å². The van der Waals surface area contributed by atoms with Crippen molar-refractivity contribution >= 4 is 23.1 Å². The lowest BCUT2D eigenvalue weighted by atomic mass is 10.1. The van der Waals surface area contributed by atoms with Gasteiger partial charge in [0.15, 0.2) is 18.3 Å². The first-order valence-electron chi connectivity index (χ1n) is 8.85. The van der Waals surface area contributed by atoms with Gasteiger partial charge in [0.25, 0.3) is 0 Å². The number of hydrogen-bond donors (Lipinski definition) is 0. The van der Waals surface area contributed by atoms with Crippen LogP contribution < -0.4 is 4.74 Å². The van der Waals surface area contributed by atoms with Gasteiger partial charge in [0.05, 0.1) is 0 Å². The van der Waals surface area contributed by atoms with Crippen LogP contribution in [0.2, 0.25) is 0 Å². The molecular formula is C21H22N2O4S. The first kappa shape index (κ1) is 19.8. The number of benzene rings is 1. The molecule has 146 valence electrons. The van der Waals surface area contributed by atoms with Crippen LogP contribution in [0.1, 0.15) is 32.9 Å². The van der Waals surface area contributed by atoms with E-state index in [1.54, 1.807) is 18.3 Å². The van der Waals surface area contributed by atoms with Crippen LogP contribution in [0, 0.1) is 27.7 Å². The molecule has 0 bridgehead atoms. The first-order chi connectivity index (χ1) is 13.4. The van der Waals surface area contributed by atoms with Crippen molar-refractivity contribution in [1.82, 2.24) is 9.55 Å². The maximum Gasteiger partial charge on any atom is 0.344 e. The van der Waals surface area contributed by atoms with Crippen molar-refractivity contribution in [3.63, 3.8) is 0 Å². The molecule has 1 aromatic carbocycles. The topological polar surface area (TPSA) is 70.4 Å². The Morgan fingerprint density at radius 1 is 1.14 bits per heavy atom. The number of aromatic nitrogens is 2. The standard InChI is InChI=1S/C21H22N2O4S/c1-13-6-5-7-19(15(13)3)26-12-20(25)27-11-18(24)17-10-14(2)23(16(17)4)21-22-8-9-28-21/h5-10H,11-12H2,1-4H3. The molecule has 28 heavy (non-hydrogen) atoms. The third-order valence-corrected chi connectivity index (χ3v) is 5.36. The van der Waals surface area contributed by atoms with Gasteiger partial charge >= 0.3 is 5.97 Å². The number of esters is 1. The van der Waals surface area contributed by atoms with Crippen molar-refractivity contribution in [2.75, 3.05) is 13.2 Å². The number of Topliss-reactive ketones (excluding diaryl/α,β-unsaturated/α-hetero) is 1. The Labute approximate surface area is 167 Å². The van der Waals surface area contributed by atoms with Crippen LogP contribution in [0.5, 0.6) is 5.75 Å². The normalized spacial score (nSPS) is 10.7. The molecule has 2 aromatic heterocycles. The summed E-state index contributed by atoms with van der Waals surface area (Å²) < 4.78 is 12.5. The second kappa shape index (κ2) is 8.39. The van der Waals surface area contributed by atoms with Gasteiger partial charge in [0.1, 0.15) is 5.75 Å². The predicted molar refractivity (Wildman–Crippen MR) is 108 cm³/mol. The molecule has 3 rings (SSSR count). The Morgan fingerprint density at radius 3 is 2.64 bits per heavy atom. The summed E-state index contributed by atoms with van der Waals surface area (Å²) in [7, 11) is 0. The van der Waals surface area contributed by atoms with Crippen molar-refractivity contribution in [3.05, 3.63) is 63.9 Å². The molecule has 0 fully saturated rings. The van der Waals surface area contributed by atoms with E-state index in [0.717, 1.165) is 27.6 Å². The van der Waals surface area contributed by atoms with Gasteiger partial charge in [-0.25, -0.2) is 9.78 Å². The second-order valence-corrected chi connectivity index (χ2v) is 7.38. The van der Waals surface area contributed by atoms with Crippen molar-refractivity contribution < 1.29 is 19.1 Å². The molecule has 0 spiro atoms. The summed E-state index contributed by atoms with van der Waals surface area (Å²) in [6.45, 7) is 7.11. The van der Waals surface area contributed by atoms with Crippen molar-refractivity contribution in [1.29, 1.82) is 0 Å². The van der Waals surface area contributed by atoms with E-state index in [2.05, 4.69) is 4.98 Å². The Bertz CT molecular complexity index is 1010. The highest BCUT2D eigenvalue weighted by molar-refractivity contribution is 7.12. The molecule has 0 saturated heterocycles. The minimum absolute atomic E-state index is 0.240. The fourth-order valence-electron chi connectivity index (χ4n) is 2.95. The number of rotatable bonds is 7. The quantitative estimate of drug-likeness (QED) is 0.445. The second-order valence-electron chi connectivity index (χ2n) is 6.51. The van der Waals surface area contributed by atoms with Crippen LogP contribution in [0.4, 0.5) is 0 Å². The molecule has 0 amide bonds. The van der Waals surface area contributed by atoms with Crippen LogP contribution in [0.25, 0.3) is 5.13 Å². The zero-order valence-corrected chi connectivity index (χ0v) is 17.1. The number of ether oxygens (including phenoxy) is 2. The van der Waals surface area contributed by atoms with Gasteiger partial charge in [-0.2, -0.15) is 0 Å². The number of carbonyl (C=O) groups is 2. The minimum Gasteiger partial charge on any atom is -0.482 e. The van der Waals surface area contributed by atoms with Crippen LogP contribution in [-0.2, 0) is 9.53 Å². The Kier molecular flexibility index (Phi) is 5.94. The predicted octanol–water partition coefficient (Wildman–Crippen LogP) is 3.97. The molecule has 2 heterocycles. The van der Waals surface area contributed by atoms with Crippen molar-refractivity contribution in [2.45, 2.75) is 27.7 Å². The van der Waals surface area contributed by atoms with E-state index in [4.69, 9.17) is 9.47 Å². The number of hydrogen-bond acceptors (Lipinski definition) is 6. The fraction of sp³-hybridized carbons (Fsp3) is 0.286. The van der Waals surface area contributed by atoms with E-state index in [9.17, 15) is 9.59 Å². The third-order valence-electron chi connectivity index (χ3n) is 4.61. The molecule has 0 atom stereocenters. The van der Waals surface area contributed by atoms with E-state index in [1.165, 1.54) is 11.3 Å². The zero-order chi connectivity index (χ0) is 20.3. The molecule has 6 nitrogen and oxygen atoms in total. The summed E-state index contributed by atoms with van der Waals surface area (Å²) >= 11 is 1.49. The summed E-state index contributed by atoms with van der Waals surface area (Å²) in [5.41, 5.74) is 4.26. The lowest BCUT2D eigenvalue weighted by Crippen LogP contribution is -2.20. The van der Waals surface area contributed by atoms with Gasteiger partial charge in [-0.15, -0.1) is 11.3 Å². The highest BCUT2D eigenvalue weighted by Crippen LogP contribution is 2.23. The molecule has 3 aromatic rings. The molecule has 0 aliphatic rings. The number of thiazole rings is 1.